The lowest BCUT2D eigenvalue weighted by molar-refractivity contribution is -0.218. The van der Waals surface area contributed by atoms with Gasteiger partial charge < -0.3 is 14.2 Å². The summed E-state index contributed by atoms with van der Waals surface area (Å²) in [4.78, 5) is 11.4. The predicted molar refractivity (Wildman–Crippen MR) is 71.0 cm³/mol. The van der Waals surface area contributed by atoms with Gasteiger partial charge in [-0.2, -0.15) is 0 Å². The number of ether oxygens (including phenoxy) is 3. The third kappa shape index (κ3) is 2.82. The molecule has 1 unspecified atom stereocenters. The molecule has 1 fully saturated rings. The van der Waals surface area contributed by atoms with Crippen LogP contribution in [-0.4, -0.2) is 35.5 Å². The molecule has 0 saturated carbocycles. The Hall–Kier alpha value is -0.140. The van der Waals surface area contributed by atoms with E-state index in [1.807, 2.05) is 6.08 Å². The molecule has 2 aliphatic heterocycles. The molecule has 0 aliphatic carbocycles. The largest absolute Gasteiger partial charge is 0.449 e. The number of alkyl halides is 1. The van der Waals surface area contributed by atoms with Crippen molar-refractivity contribution in [2.75, 3.05) is 17.6 Å². The van der Waals surface area contributed by atoms with E-state index in [0.29, 0.717) is 18.8 Å². The average Bonchev–Trinajstić information content (AvgIpc) is 2.89. The molecule has 2 heterocycles. The van der Waals surface area contributed by atoms with Crippen molar-refractivity contribution in [3.8, 4) is 0 Å². The van der Waals surface area contributed by atoms with Gasteiger partial charge in [-0.25, -0.2) is 4.79 Å². The number of unbranched alkanes of at least 4 members (excludes halogenated alkanes) is 1. The molecule has 0 amide bonds. The summed E-state index contributed by atoms with van der Waals surface area (Å²) in [5, 5.41) is 0. The van der Waals surface area contributed by atoms with Crippen LogP contribution >= 0.6 is 22.6 Å². The average molecular weight is 352 g/mol. The molecule has 17 heavy (non-hydrogen) atoms. The third-order valence-electron chi connectivity index (χ3n) is 3.08. The molecular formula is C12H17IO4. The van der Waals surface area contributed by atoms with Crippen LogP contribution in [0.3, 0.4) is 0 Å². The summed E-state index contributed by atoms with van der Waals surface area (Å²) >= 11 is 2.35. The van der Waals surface area contributed by atoms with Crippen LogP contribution in [0.15, 0.2) is 11.6 Å². The zero-order valence-corrected chi connectivity index (χ0v) is 12.1. The minimum absolute atomic E-state index is 0.262. The summed E-state index contributed by atoms with van der Waals surface area (Å²) in [6, 6.07) is 0. The quantitative estimate of drug-likeness (QED) is 0.329. The van der Waals surface area contributed by atoms with Crippen LogP contribution in [0.1, 0.15) is 26.2 Å². The van der Waals surface area contributed by atoms with Gasteiger partial charge in [0.25, 0.3) is 0 Å². The molecule has 0 bridgehead atoms. The number of hydrogen-bond acceptors (Lipinski definition) is 4. The Morgan fingerprint density at radius 2 is 2.12 bits per heavy atom. The Kier molecular flexibility index (Phi) is 4.43. The summed E-state index contributed by atoms with van der Waals surface area (Å²) in [6.45, 7) is 2.91. The molecule has 4 nitrogen and oxygen atoms in total. The second kappa shape index (κ2) is 5.67. The van der Waals surface area contributed by atoms with Crippen LogP contribution < -0.4 is 0 Å². The van der Waals surface area contributed by atoms with E-state index in [-0.39, 0.29) is 12.1 Å². The molecule has 0 radical (unpaired) electrons. The maximum absolute atomic E-state index is 11.4. The summed E-state index contributed by atoms with van der Waals surface area (Å²) in [5.41, 5.74) is 0.641. The number of carbonyl (C=O) groups excluding carboxylic acids is 1. The standard InChI is InChI=1S/C12H17IO4/c1-9-8-10(17-11(9)14)12(4-2-3-5-13)15-6-7-16-12/h8,10H,2-7H2,1H3. The van der Waals surface area contributed by atoms with Crippen LogP contribution in [-0.2, 0) is 19.0 Å². The SMILES string of the molecule is CC1=CC(C2(CCCCI)OCCO2)OC1=O. The smallest absolute Gasteiger partial charge is 0.334 e. The van der Waals surface area contributed by atoms with Gasteiger partial charge in [0, 0.05) is 12.0 Å². The molecule has 0 N–H and O–H groups in total. The van der Waals surface area contributed by atoms with Crippen molar-refractivity contribution in [1.82, 2.24) is 0 Å². The van der Waals surface area contributed by atoms with Gasteiger partial charge in [0.1, 0.15) is 0 Å². The first-order valence-corrected chi connectivity index (χ1v) is 7.44. The van der Waals surface area contributed by atoms with Gasteiger partial charge in [-0.1, -0.05) is 22.6 Å². The first-order valence-electron chi connectivity index (χ1n) is 5.91. The number of cyclic esters (lactones) is 1. The molecule has 0 spiro atoms. The van der Waals surface area contributed by atoms with E-state index >= 15 is 0 Å². The molecule has 0 aromatic heterocycles. The Balaban J connectivity index is 2.04. The first kappa shape index (κ1) is 13.3. The Bertz CT molecular complexity index is 320. The van der Waals surface area contributed by atoms with E-state index in [1.54, 1.807) is 6.92 Å². The number of rotatable bonds is 5. The second-order valence-corrected chi connectivity index (χ2v) is 5.41. The van der Waals surface area contributed by atoms with E-state index in [2.05, 4.69) is 22.6 Å². The third-order valence-corrected chi connectivity index (χ3v) is 3.84. The summed E-state index contributed by atoms with van der Waals surface area (Å²) < 4.78 is 17.9. The molecule has 1 atom stereocenters. The number of halogens is 1. The highest BCUT2D eigenvalue weighted by molar-refractivity contribution is 14.1. The van der Waals surface area contributed by atoms with Crippen LogP contribution in [0.4, 0.5) is 0 Å². The Morgan fingerprint density at radius 3 is 2.65 bits per heavy atom. The molecule has 96 valence electrons. The van der Waals surface area contributed by atoms with Crippen molar-refractivity contribution >= 4 is 28.6 Å². The lowest BCUT2D eigenvalue weighted by Gasteiger charge is -2.31. The van der Waals surface area contributed by atoms with Crippen molar-refractivity contribution in [3.05, 3.63) is 11.6 Å². The fourth-order valence-corrected chi connectivity index (χ4v) is 2.68. The van der Waals surface area contributed by atoms with Gasteiger partial charge in [0.05, 0.1) is 13.2 Å². The minimum atomic E-state index is -0.737. The van der Waals surface area contributed by atoms with Crippen LogP contribution in [0.2, 0.25) is 0 Å². The lowest BCUT2D eigenvalue weighted by atomic mass is 10.0. The van der Waals surface area contributed by atoms with Gasteiger partial charge in [-0.05, 0) is 30.3 Å². The van der Waals surface area contributed by atoms with Gasteiger partial charge in [-0.15, -0.1) is 0 Å². The molecule has 2 rings (SSSR count). The van der Waals surface area contributed by atoms with Gasteiger partial charge in [-0.3, -0.25) is 0 Å². The van der Waals surface area contributed by atoms with E-state index < -0.39 is 5.79 Å². The van der Waals surface area contributed by atoms with Crippen LogP contribution in [0.5, 0.6) is 0 Å². The highest BCUT2D eigenvalue weighted by Crippen LogP contribution is 2.35. The maximum atomic E-state index is 11.4. The maximum Gasteiger partial charge on any atom is 0.334 e. The number of carbonyl (C=O) groups is 1. The molecule has 5 heteroatoms. The first-order chi connectivity index (χ1) is 8.18. The predicted octanol–water partition coefficient (Wildman–Crippen LogP) is 2.21. The summed E-state index contributed by atoms with van der Waals surface area (Å²) in [5.74, 6) is -0.999. The molecule has 1 saturated heterocycles. The Morgan fingerprint density at radius 1 is 1.41 bits per heavy atom. The topological polar surface area (TPSA) is 44.8 Å². The van der Waals surface area contributed by atoms with Crippen LogP contribution in [0, 0.1) is 0 Å². The van der Waals surface area contributed by atoms with Gasteiger partial charge in [0.15, 0.2) is 6.10 Å². The number of hydrogen-bond donors (Lipinski definition) is 0. The van der Waals surface area contributed by atoms with E-state index in [9.17, 15) is 4.79 Å². The fraction of sp³-hybridized carbons (Fsp3) is 0.750. The molecular weight excluding hydrogens is 335 g/mol. The van der Waals surface area contributed by atoms with Crippen LogP contribution in [0.25, 0.3) is 0 Å². The molecule has 0 aromatic rings. The monoisotopic (exact) mass is 352 g/mol. The van der Waals surface area contributed by atoms with E-state index in [1.165, 1.54) is 0 Å². The van der Waals surface area contributed by atoms with Crippen molar-refractivity contribution in [3.63, 3.8) is 0 Å². The van der Waals surface area contributed by atoms with Gasteiger partial charge in [0.2, 0.25) is 5.79 Å². The zero-order chi connectivity index (χ0) is 12.3. The summed E-state index contributed by atoms with van der Waals surface area (Å²) in [6.07, 6.45) is 4.35. The lowest BCUT2D eigenvalue weighted by Crippen LogP contribution is -2.43. The Labute approximate surface area is 115 Å². The van der Waals surface area contributed by atoms with E-state index in [4.69, 9.17) is 14.2 Å². The zero-order valence-electron chi connectivity index (χ0n) is 9.91. The van der Waals surface area contributed by atoms with Crippen molar-refractivity contribution in [2.45, 2.75) is 38.1 Å². The minimum Gasteiger partial charge on any atom is -0.449 e. The normalized spacial score (nSPS) is 27.1. The molecule has 2 aliphatic rings. The highest BCUT2D eigenvalue weighted by Gasteiger charge is 2.47. The second-order valence-electron chi connectivity index (χ2n) is 4.33. The van der Waals surface area contributed by atoms with E-state index in [0.717, 1.165) is 23.7 Å². The van der Waals surface area contributed by atoms with Crippen molar-refractivity contribution in [2.24, 2.45) is 0 Å². The van der Waals surface area contributed by atoms with Crippen molar-refractivity contribution < 1.29 is 19.0 Å². The fourth-order valence-electron chi connectivity index (χ4n) is 2.14. The molecule has 0 aromatic carbocycles. The van der Waals surface area contributed by atoms with Crippen molar-refractivity contribution in [1.29, 1.82) is 0 Å². The summed E-state index contributed by atoms with van der Waals surface area (Å²) in [7, 11) is 0. The highest BCUT2D eigenvalue weighted by atomic mass is 127. The van der Waals surface area contributed by atoms with Gasteiger partial charge >= 0.3 is 5.97 Å². The number of esters is 1.